The summed E-state index contributed by atoms with van der Waals surface area (Å²) in [6, 6.07) is -0.750. The summed E-state index contributed by atoms with van der Waals surface area (Å²) < 4.78 is 0. The predicted octanol–water partition coefficient (Wildman–Crippen LogP) is -0.927. The van der Waals surface area contributed by atoms with Crippen LogP contribution in [0, 0.1) is 0 Å². The molecule has 0 aromatic rings. The minimum absolute atomic E-state index is 0.0500. The fourth-order valence-electron chi connectivity index (χ4n) is 0.775. The van der Waals surface area contributed by atoms with Crippen molar-refractivity contribution in [1.29, 1.82) is 0 Å². The van der Waals surface area contributed by atoms with Crippen LogP contribution in [0.1, 0.15) is 19.8 Å². The van der Waals surface area contributed by atoms with Crippen LogP contribution in [0.4, 0.5) is 0 Å². The predicted molar refractivity (Wildman–Crippen MR) is 46.5 cm³/mol. The maximum atomic E-state index is 10.3. The molecule has 2 atom stereocenters. The molecule has 0 fully saturated rings. The van der Waals surface area contributed by atoms with Crippen LogP contribution in [0.5, 0.6) is 0 Å². The molecule has 0 amide bonds. The lowest BCUT2D eigenvalue weighted by Gasteiger charge is -2.09. The Hall–Kier alpha value is -0.650. The van der Waals surface area contributed by atoms with Crippen LogP contribution in [0.15, 0.2) is 0 Å². The van der Waals surface area contributed by atoms with E-state index >= 15 is 0 Å². The van der Waals surface area contributed by atoms with E-state index in [2.05, 4.69) is 5.32 Å². The van der Waals surface area contributed by atoms with Gasteiger partial charge in [0.05, 0.1) is 6.17 Å². The summed E-state index contributed by atoms with van der Waals surface area (Å²) in [4.78, 5) is 10.3. The standard InChI is InChI=1S/C7H17N3O2/c1-5(8)10-4-2-3-6(9)7(11)12/h5-6,10H,2-4,8-9H2,1H3,(H,11,12)/t5?,6-/m0/s1. The van der Waals surface area contributed by atoms with Gasteiger partial charge in [0.15, 0.2) is 0 Å². The Morgan fingerprint density at radius 2 is 2.17 bits per heavy atom. The minimum atomic E-state index is -0.948. The summed E-state index contributed by atoms with van der Waals surface area (Å²) in [5.41, 5.74) is 10.7. The van der Waals surface area contributed by atoms with Crippen LogP contribution in [-0.4, -0.2) is 29.8 Å². The van der Waals surface area contributed by atoms with Crippen LogP contribution in [0.25, 0.3) is 0 Å². The van der Waals surface area contributed by atoms with Crippen molar-refractivity contribution in [1.82, 2.24) is 5.32 Å². The van der Waals surface area contributed by atoms with Gasteiger partial charge in [0.25, 0.3) is 0 Å². The minimum Gasteiger partial charge on any atom is -0.480 e. The highest BCUT2D eigenvalue weighted by Crippen LogP contribution is 1.92. The summed E-state index contributed by atoms with van der Waals surface area (Å²) in [5.74, 6) is -0.948. The molecule has 0 saturated carbocycles. The first-order valence-electron chi connectivity index (χ1n) is 4.01. The third-order valence-electron chi connectivity index (χ3n) is 1.48. The van der Waals surface area contributed by atoms with Gasteiger partial charge in [-0.15, -0.1) is 0 Å². The van der Waals surface area contributed by atoms with Gasteiger partial charge < -0.3 is 21.9 Å². The molecule has 5 nitrogen and oxygen atoms in total. The molecular formula is C7H17N3O2. The van der Waals surface area contributed by atoms with Crippen molar-refractivity contribution in [3.8, 4) is 0 Å². The van der Waals surface area contributed by atoms with Gasteiger partial charge >= 0.3 is 5.97 Å². The molecule has 0 rings (SSSR count). The SMILES string of the molecule is CC(N)NCCC[C@H](N)C(=O)O. The second-order valence-corrected chi connectivity index (χ2v) is 2.83. The molecule has 0 aliphatic carbocycles. The van der Waals surface area contributed by atoms with Crippen LogP contribution in [0.2, 0.25) is 0 Å². The average molecular weight is 175 g/mol. The van der Waals surface area contributed by atoms with E-state index in [1.54, 1.807) is 0 Å². The molecule has 12 heavy (non-hydrogen) atoms. The Kier molecular flexibility index (Phi) is 5.61. The molecule has 6 N–H and O–H groups in total. The Morgan fingerprint density at radius 3 is 2.58 bits per heavy atom. The molecular weight excluding hydrogens is 158 g/mol. The van der Waals surface area contributed by atoms with Crippen LogP contribution in [0.3, 0.4) is 0 Å². The van der Waals surface area contributed by atoms with Gasteiger partial charge in [-0.3, -0.25) is 4.79 Å². The molecule has 5 heteroatoms. The third kappa shape index (κ3) is 6.09. The van der Waals surface area contributed by atoms with Crippen LogP contribution in [-0.2, 0) is 4.79 Å². The van der Waals surface area contributed by atoms with E-state index in [9.17, 15) is 4.79 Å². The number of carbonyl (C=O) groups is 1. The number of hydrogen-bond acceptors (Lipinski definition) is 4. The van der Waals surface area contributed by atoms with Gasteiger partial charge in [-0.1, -0.05) is 0 Å². The Bertz CT molecular complexity index is 139. The van der Waals surface area contributed by atoms with Crippen molar-refractivity contribution in [3.63, 3.8) is 0 Å². The average Bonchev–Trinajstić information content (AvgIpc) is 1.97. The van der Waals surface area contributed by atoms with E-state index in [1.807, 2.05) is 6.92 Å². The number of carboxylic acid groups (broad SMARTS) is 1. The highest BCUT2D eigenvalue weighted by Gasteiger charge is 2.09. The lowest BCUT2D eigenvalue weighted by atomic mass is 10.2. The lowest BCUT2D eigenvalue weighted by Crippen LogP contribution is -2.36. The number of rotatable bonds is 6. The molecule has 0 saturated heterocycles. The zero-order chi connectivity index (χ0) is 9.56. The number of nitrogens with one attached hydrogen (secondary N) is 1. The Labute approximate surface area is 72.1 Å². The molecule has 0 aromatic heterocycles. The van der Waals surface area contributed by atoms with Crippen molar-refractivity contribution in [2.24, 2.45) is 11.5 Å². The molecule has 0 aliphatic rings. The van der Waals surface area contributed by atoms with E-state index in [-0.39, 0.29) is 6.17 Å². The maximum Gasteiger partial charge on any atom is 0.320 e. The number of carboxylic acids is 1. The zero-order valence-corrected chi connectivity index (χ0v) is 7.29. The molecule has 72 valence electrons. The van der Waals surface area contributed by atoms with Crippen molar-refractivity contribution in [3.05, 3.63) is 0 Å². The van der Waals surface area contributed by atoms with Crippen molar-refractivity contribution >= 4 is 5.97 Å². The topological polar surface area (TPSA) is 101 Å². The van der Waals surface area contributed by atoms with Gasteiger partial charge in [0, 0.05) is 0 Å². The van der Waals surface area contributed by atoms with Gasteiger partial charge in [-0.05, 0) is 26.3 Å². The molecule has 0 aromatic carbocycles. The fourth-order valence-corrected chi connectivity index (χ4v) is 0.775. The first-order chi connectivity index (χ1) is 5.54. The van der Waals surface area contributed by atoms with Gasteiger partial charge in [-0.25, -0.2) is 0 Å². The van der Waals surface area contributed by atoms with E-state index in [0.717, 1.165) is 6.42 Å². The molecule has 0 aliphatic heterocycles. The molecule has 0 spiro atoms. The first kappa shape index (κ1) is 11.4. The second-order valence-electron chi connectivity index (χ2n) is 2.83. The summed E-state index contributed by atoms with van der Waals surface area (Å²) in [5, 5.41) is 11.4. The largest absolute Gasteiger partial charge is 0.480 e. The lowest BCUT2D eigenvalue weighted by molar-refractivity contribution is -0.138. The van der Waals surface area contributed by atoms with Crippen molar-refractivity contribution in [2.45, 2.75) is 32.0 Å². The van der Waals surface area contributed by atoms with Gasteiger partial charge in [0.2, 0.25) is 0 Å². The highest BCUT2D eigenvalue weighted by atomic mass is 16.4. The van der Waals surface area contributed by atoms with Crippen LogP contribution >= 0.6 is 0 Å². The monoisotopic (exact) mass is 175 g/mol. The maximum absolute atomic E-state index is 10.3. The molecule has 0 bridgehead atoms. The normalized spacial score (nSPS) is 15.6. The van der Waals surface area contributed by atoms with Gasteiger partial charge in [0.1, 0.15) is 6.04 Å². The summed E-state index contributed by atoms with van der Waals surface area (Å²) >= 11 is 0. The Balaban J connectivity index is 3.25. The highest BCUT2D eigenvalue weighted by molar-refractivity contribution is 5.72. The molecule has 0 radical (unpaired) electrons. The number of hydrogen-bond donors (Lipinski definition) is 4. The zero-order valence-electron chi connectivity index (χ0n) is 7.29. The van der Waals surface area contributed by atoms with E-state index < -0.39 is 12.0 Å². The third-order valence-corrected chi connectivity index (χ3v) is 1.48. The number of aliphatic carboxylic acids is 1. The van der Waals surface area contributed by atoms with E-state index in [1.165, 1.54) is 0 Å². The molecule has 1 unspecified atom stereocenters. The number of nitrogens with two attached hydrogens (primary N) is 2. The summed E-state index contributed by atoms with van der Waals surface area (Å²) in [6.45, 7) is 2.54. The molecule has 0 heterocycles. The van der Waals surface area contributed by atoms with Gasteiger partial charge in [-0.2, -0.15) is 0 Å². The fraction of sp³-hybridized carbons (Fsp3) is 0.857. The second kappa shape index (κ2) is 5.93. The van der Waals surface area contributed by atoms with E-state index in [4.69, 9.17) is 16.6 Å². The van der Waals surface area contributed by atoms with Crippen LogP contribution < -0.4 is 16.8 Å². The smallest absolute Gasteiger partial charge is 0.320 e. The van der Waals surface area contributed by atoms with Crippen molar-refractivity contribution in [2.75, 3.05) is 6.54 Å². The Morgan fingerprint density at radius 1 is 1.58 bits per heavy atom. The summed E-state index contributed by atoms with van der Waals surface area (Å²) in [7, 11) is 0. The van der Waals surface area contributed by atoms with Crippen molar-refractivity contribution < 1.29 is 9.90 Å². The van der Waals surface area contributed by atoms with E-state index in [0.29, 0.717) is 13.0 Å². The summed E-state index contributed by atoms with van der Waals surface area (Å²) in [6.07, 6.45) is 1.16. The quantitative estimate of drug-likeness (QED) is 0.309. The first-order valence-corrected chi connectivity index (χ1v) is 4.01.